The van der Waals surface area contributed by atoms with E-state index in [1.54, 1.807) is 0 Å². The highest BCUT2D eigenvalue weighted by Gasteiger charge is 2.24. The van der Waals surface area contributed by atoms with E-state index in [4.69, 9.17) is 0 Å². The molecule has 84 valence electrons. The van der Waals surface area contributed by atoms with Gasteiger partial charge in [0.1, 0.15) is 5.25 Å². The van der Waals surface area contributed by atoms with Gasteiger partial charge < -0.3 is 0 Å². The molecule has 4 heteroatoms. The average molecular weight is 220 g/mol. The third-order valence-electron chi connectivity index (χ3n) is 2.74. The van der Waals surface area contributed by atoms with Crippen molar-refractivity contribution in [3.8, 4) is 0 Å². The summed E-state index contributed by atoms with van der Waals surface area (Å²) in [7, 11) is -3.21. The first kappa shape index (κ1) is 13.6. The fourth-order valence-electron chi connectivity index (χ4n) is 1.27. The molecule has 0 amide bonds. The van der Waals surface area contributed by atoms with E-state index >= 15 is 0 Å². The Morgan fingerprint density at radius 3 is 1.93 bits per heavy atom. The Balaban J connectivity index is 4.35. The maximum atomic E-state index is 11.5. The quantitative estimate of drug-likeness (QED) is 0.686. The van der Waals surface area contributed by atoms with E-state index in [1.165, 1.54) is 6.92 Å². The highest BCUT2D eigenvalue weighted by atomic mass is 32.2. The van der Waals surface area contributed by atoms with Crippen molar-refractivity contribution in [2.45, 2.75) is 45.3 Å². The van der Waals surface area contributed by atoms with Crippen LogP contribution >= 0.6 is 0 Å². The predicted molar refractivity (Wildman–Crippen MR) is 58.0 cm³/mol. The van der Waals surface area contributed by atoms with Crippen LogP contribution in [0.4, 0.5) is 0 Å². The lowest BCUT2D eigenvalue weighted by Gasteiger charge is -2.14. The summed E-state index contributed by atoms with van der Waals surface area (Å²) < 4.78 is 22.2. The zero-order valence-electron chi connectivity index (χ0n) is 9.41. The van der Waals surface area contributed by atoms with Crippen LogP contribution in [0, 0.1) is 5.92 Å². The van der Waals surface area contributed by atoms with Gasteiger partial charge in [-0.3, -0.25) is 4.79 Å². The van der Waals surface area contributed by atoms with Crippen LogP contribution in [0.1, 0.15) is 40.0 Å². The smallest absolute Gasteiger partial charge is 0.157 e. The first-order chi connectivity index (χ1) is 6.32. The van der Waals surface area contributed by atoms with Crippen LogP contribution in [0.3, 0.4) is 0 Å². The Bertz CT molecular complexity index is 276. The second-order valence-electron chi connectivity index (χ2n) is 3.82. The van der Waals surface area contributed by atoms with Crippen LogP contribution < -0.4 is 0 Å². The Labute approximate surface area is 86.8 Å². The summed E-state index contributed by atoms with van der Waals surface area (Å²) in [5.74, 6) is 0.174. The summed E-state index contributed by atoms with van der Waals surface area (Å²) in [4.78, 5) is 11.5. The predicted octanol–water partition coefficient (Wildman–Crippen LogP) is 1.81. The molecule has 0 spiro atoms. The third-order valence-corrected chi connectivity index (χ3v) is 4.29. The molecule has 1 atom stereocenters. The van der Waals surface area contributed by atoms with Crippen molar-refractivity contribution in [2.24, 2.45) is 5.92 Å². The number of hydrogen-bond acceptors (Lipinski definition) is 3. The number of carbonyl (C=O) groups excluding carboxylic acids is 1. The zero-order chi connectivity index (χ0) is 11.4. The van der Waals surface area contributed by atoms with Crippen LogP contribution in [0.5, 0.6) is 0 Å². The molecule has 0 fully saturated rings. The van der Waals surface area contributed by atoms with E-state index in [0.29, 0.717) is 12.3 Å². The molecule has 0 saturated heterocycles. The van der Waals surface area contributed by atoms with Crippen molar-refractivity contribution in [3.05, 3.63) is 0 Å². The minimum absolute atomic E-state index is 0.152. The summed E-state index contributed by atoms with van der Waals surface area (Å²) >= 11 is 0. The number of Topliss-reactive ketones (excluding diaryl/α,β-unsaturated/α-hetero) is 1. The summed E-state index contributed by atoms with van der Waals surface area (Å²) in [6.07, 6.45) is 3.36. The molecule has 3 nitrogen and oxygen atoms in total. The van der Waals surface area contributed by atoms with Crippen molar-refractivity contribution in [2.75, 3.05) is 6.26 Å². The molecular formula is C10H20O3S. The van der Waals surface area contributed by atoms with Gasteiger partial charge in [-0.2, -0.15) is 0 Å². The monoisotopic (exact) mass is 220 g/mol. The van der Waals surface area contributed by atoms with E-state index in [-0.39, 0.29) is 5.78 Å². The zero-order valence-corrected chi connectivity index (χ0v) is 10.2. The molecule has 0 aliphatic heterocycles. The maximum Gasteiger partial charge on any atom is 0.157 e. The van der Waals surface area contributed by atoms with Gasteiger partial charge in [0, 0.05) is 12.7 Å². The molecule has 0 aromatic rings. The molecule has 14 heavy (non-hydrogen) atoms. The summed E-state index contributed by atoms with van der Waals surface area (Å²) in [6.45, 7) is 5.51. The topological polar surface area (TPSA) is 51.2 Å². The van der Waals surface area contributed by atoms with Crippen molar-refractivity contribution in [3.63, 3.8) is 0 Å². The van der Waals surface area contributed by atoms with Gasteiger partial charge in [-0.1, -0.05) is 26.7 Å². The SMILES string of the molecule is CCC(CC)CC(=O)C(C)S(C)(=O)=O. The fourth-order valence-corrected chi connectivity index (χ4v) is 1.84. The lowest BCUT2D eigenvalue weighted by atomic mass is 9.96. The highest BCUT2D eigenvalue weighted by molar-refractivity contribution is 7.92. The molecule has 0 saturated carbocycles. The molecular weight excluding hydrogens is 200 g/mol. The van der Waals surface area contributed by atoms with Gasteiger partial charge in [-0.15, -0.1) is 0 Å². The molecule has 0 radical (unpaired) electrons. The van der Waals surface area contributed by atoms with Gasteiger partial charge in [-0.05, 0) is 12.8 Å². The van der Waals surface area contributed by atoms with Gasteiger partial charge in [0.15, 0.2) is 15.6 Å². The fraction of sp³-hybridized carbons (Fsp3) is 0.900. The molecule has 0 aliphatic rings. The van der Waals surface area contributed by atoms with Gasteiger partial charge in [0.05, 0.1) is 0 Å². The first-order valence-corrected chi connectivity index (χ1v) is 6.99. The lowest BCUT2D eigenvalue weighted by molar-refractivity contribution is -0.119. The number of carbonyl (C=O) groups is 1. The van der Waals surface area contributed by atoms with E-state index in [9.17, 15) is 13.2 Å². The number of ketones is 1. The molecule has 0 aliphatic carbocycles. The Kier molecular flexibility index (Phi) is 5.34. The molecule has 0 N–H and O–H groups in total. The standard InChI is InChI=1S/C10H20O3S/c1-5-9(6-2)7-10(11)8(3)14(4,12)13/h8-9H,5-7H2,1-4H3. The minimum atomic E-state index is -3.21. The lowest BCUT2D eigenvalue weighted by Crippen LogP contribution is -2.27. The number of hydrogen-bond donors (Lipinski definition) is 0. The van der Waals surface area contributed by atoms with E-state index in [1.807, 2.05) is 13.8 Å². The average Bonchev–Trinajstić information content (AvgIpc) is 2.11. The van der Waals surface area contributed by atoms with Crippen LogP contribution in [-0.4, -0.2) is 25.7 Å². The molecule has 1 unspecified atom stereocenters. The molecule has 0 bridgehead atoms. The van der Waals surface area contributed by atoms with Crippen LogP contribution in [0.2, 0.25) is 0 Å². The Morgan fingerprint density at radius 2 is 1.64 bits per heavy atom. The highest BCUT2D eigenvalue weighted by Crippen LogP contribution is 2.15. The van der Waals surface area contributed by atoms with Gasteiger partial charge >= 0.3 is 0 Å². The second kappa shape index (κ2) is 5.49. The van der Waals surface area contributed by atoms with Gasteiger partial charge in [0.25, 0.3) is 0 Å². The first-order valence-electron chi connectivity index (χ1n) is 5.04. The van der Waals surface area contributed by atoms with Crippen molar-refractivity contribution in [1.82, 2.24) is 0 Å². The van der Waals surface area contributed by atoms with Crippen LogP contribution in [0.25, 0.3) is 0 Å². The molecule has 0 aromatic carbocycles. The van der Waals surface area contributed by atoms with E-state index in [0.717, 1.165) is 19.1 Å². The molecule has 0 rings (SSSR count). The summed E-state index contributed by atoms with van der Waals surface area (Å²) in [6, 6.07) is 0. The minimum Gasteiger partial charge on any atom is -0.298 e. The van der Waals surface area contributed by atoms with Crippen molar-refractivity contribution in [1.29, 1.82) is 0 Å². The van der Waals surface area contributed by atoms with Gasteiger partial charge in [-0.25, -0.2) is 8.42 Å². The third kappa shape index (κ3) is 4.22. The van der Waals surface area contributed by atoms with Crippen molar-refractivity contribution < 1.29 is 13.2 Å². The van der Waals surface area contributed by atoms with E-state index in [2.05, 4.69) is 0 Å². The number of sulfone groups is 1. The largest absolute Gasteiger partial charge is 0.298 e. The van der Waals surface area contributed by atoms with Gasteiger partial charge in [0.2, 0.25) is 0 Å². The summed E-state index contributed by atoms with van der Waals surface area (Å²) in [5.41, 5.74) is 0. The Hall–Kier alpha value is -0.380. The second-order valence-corrected chi connectivity index (χ2v) is 6.19. The number of rotatable bonds is 6. The Morgan fingerprint density at radius 1 is 1.21 bits per heavy atom. The maximum absolute atomic E-state index is 11.5. The van der Waals surface area contributed by atoms with E-state index < -0.39 is 15.1 Å². The molecule has 0 aromatic heterocycles. The van der Waals surface area contributed by atoms with Crippen molar-refractivity contribution >= 4 is 15.6 Å². The van der Waals surface area contributed by atoms with Crippen LogP contribution in [0.15, 0.2) is 0 Å². The molecule has 0 heterocycles. The van der Waals surface area contributed by atoms with Crippen LogP contribution in [-0.2, 0) is 14.6 Å². The normalized spacial score (nSPS) is 14.4. The summed E-state index contributed by atoms with van der Waals surface area (Å²) in [5, 5.41) is -0.844.